The van der Waals surface area contributed by atoms with Gasteiger partial charge in [-0.05, 0) is 42.7 Å². The van der Waals surface area contributed by atoms with Gasteiger partial charge < -0.3 is 15.0 Å². The maximum absolute atomic E-state index is 12.9. The Balaban J connectivity index is 1.77. The van der Waals surface area contributed by atoms with Gasteiger partial charge in [0.25, 0.3) is 5.91 Å². The van der Waals surface area contributed by atoms with Gasteiger partial charge in [0, 0.05) is 13.5 Å². The molecule has 0 spiro atoms. The van der Waals surface area contributed by atoms with Gasteiger partial charge in [-0.15, -0.1) is 11.3 Å². The van der Waals surface area contributed by atoms with Gasteiger partial charge in [0.15, 0.2) is 0 Å². The summed E-state index contributed by atoms with van der Waals surface area (Å²) in [5.41, 5.74) is 1.13. The first kappa shape index (κ1) is 16.5. The van der Waals surface area contributed by atoms with Crippen molar-refractivity contribution in [2.75, 3.05) is 19.0 Å². The van der Waals surface area contributed by atoms with Crippen LogP contribution in [0.2, 0.25) is 0 Å². The lowest BCUT2D eigenvalue weighted by Gasteiger charge is -2.24. The summed E-state index contributed by atoms with van der Waals surface area (Å²) in [4.78, 5) is 26.6. The molecule has 1 aromatic heterocycles. The molecule has 1 N–H and O–H groups in total. The van der Waals surface area contributed by atoms with Gasteiger partial charge in [-0.1, -0.05) is 12.1 Å². The molecule has 1 fully saturated rings. The van der Waals surface area contributed by atoms with Gasteiger partial charge in [0.1, 0.15) is 5.75 Å². The number of anilines is 1. The zero-order valence-corrected chi connectivity index (χ0v) is 14.6. The minimum atomic E-state index is -0.131. The number of likely N-dealkylation sites (tertiary alicyclic amines) is 1. The number of benzene rings is 1. The number of amides is 2. The summed E-state index contributed by atoms with van der Waals surface area (Å²) >= 11 is 1.32. The highest BCUT2D eigenvalue weighted by Gasteiger charge is 2.31. The summed E-state index contributed by atoms with van der Waals surface area (Å²) in [5.74, 6) is 0.705. The van der Waals surface area contributed by atoms with E-state index < -0.39 is 0 Å². The summed E-state index contributed by atoms with van der Waals surface area (Å²) in [6, 6.07) is 11.5. The predicted molar refractivity (Wildman–Crippen MR) is 94.6 cm³/mol. The van der Waals surface area contributed by atoms with Crippen LogP contribution in [0, 0.1) is 0 Å². The van der Waals surface area contributed by atoms with Gasteiger partial charge in [-0.2, -0.15) is 0 Å². The minimum Gasteiger partial charge on any atom is -0.497 e. The van der Waals surface area contributed by atoms with Crippen LogP contribution in [-0.4, -0.2) is 30.4 Å². The van der Waals surface area contributed by atoms with Gasteiger partial charge in [-0.3, -0.25) is 9.59 Å². The molecule has 1 aromatic carbocycles. The van der Waals surface area contributed by atoms with Crippen LogP contribution in [0.4, 0.5) is 5.00 Å². The number of methoxy groups -OCH3 is 1. The Bertz CT molecular complexity index is 739. The number of thiophene rings is 1. The number of ether oxygens (including phenoxy) is 1. The van der Waals surface area contributed by atoms with E-state index in [1.54, 1.807) is 19.2 Å². The van der Waals surface area contributed by atoms with E-state index in [1.165, 1.54) is 18.3 Å². The van der Waals surface area contributed by atoms with E-state index in [-0.39, 0.29) is 17.9 Å². The summed E-state index contributed by atoms with van der Waals surface area (Å²) in [7, 11) is 1.64. The third kappa shape index (κ3) is 3.43. The van der Waals surface area contributed by atoms with Crippen molar-refractivity contribution in [1.82, 2.24) is 4.90 Å². The number of rotatable bonds is 4. The van der Waals surface area contributed by atoms with E-state index >= 15 is 0 Å². The zero-order valence-electron chi connectivity index (χ0n) is 13.7. The van der Waals surface area contributed by atoms with Crippen molar-refractivity contribution in [3.63, 3.8) is 0 Å². The van der Waals surface area contributed by atoms with E-state index in [1.807, 2.05) is 29.2 Å². The standard InChI is InChI=1S/C18H20N2O3S/c1-12(21)19-17-10-9-16(24-17)18(22)20-11-3-4-15(20)13-5-7-14(23-2)8-6-13/h5-10,15H,3-4,11H2,1-2H3,(H,19,21). The van der Waals surface area contributed by atoms with Crippen LogP contribution in [0.25, 0.3) is 0 Å². The summed E-state index contributed by atoms with van der Waals surface area (Å²) in [6.07, 6.45) is 1.95. The van der Waals surface area contributed by atoms with Gasteiger partial charge in [0.05, 0.1) is 23.0 Å². The predicted octanol–water partition coefficient (Wildman–Crippen LogP) is 3.69. The topological polar surface area (TPSA) is 58.6 Å². The molecular weight excluding hydrogens is 324 g/mol. The lowest BCUT2D eigenvalue weighted by Crippen LogP contribution is -2.29. The number of hydrogen-bond donors (Lipinski definition) is 1. The second-order valence-electron chi connectivity index (χ2n) is 5.77. The van der Waals surface area contributed by atoms with E-state index in [2.05, 4.69) is 5.32 Å². The van der Waals surface area contributed by atoms with Crippen LogP contribution in [0.3, 0.4) is 0 Å². The first-order chi connectivity index (χ1) is 11.6. The van der Waals surface area contributed by atoms with Crippen molar-refractivity contribution in [2.24, 2.45) is 0 Å². The smallest absolute Gasteiger partial charge is 0.264 e. The molecule has 1 saturated heterocycles. The fourth-order valence-corrected chi connectivity index (χ4v) is 3.93. The Morgan fingerprint density at radius 3 is 2.62 bits per heavy atom. The highest BCUT2D eigenvalue weighted by molar-refractivity contribution is 7.18. The van der Waals surface area contributed by atoms with E-state index in [4.69, 9.17) is 4.74 Å². The lowest BCUT2D eigenvalue weighted by molar-refractivity contribution is -0.114. The Labute approximate surface area is 145 Å². The summed E-state index contributed by atoms with van der Waals surface area (Å²) in [5, 5.41) is 3.42. The Morgan fingerprint density at radius 2 is 1.96 bits per heavy atom. The molecule has 0 aliphatic carbocycles. The van der Waals surface area contributed by atoms with E-state index in [9.17, 15) is 9.59 Å². The molecule has 2 heterocycles. The molecule has 5 nitrogen and oxygen atoms in total. The molecule has 1 aliphatic rings. The second kappa shape index (κ2) is 7.05. The van der Waals surface area contributed by atoms with Crippen LogP contribution < -0.4 is 10.1 Å². The largest absolute Gasteiger partial charge is 0.497 e. The van der Waals surface area contributed by atoms with Crippen molar-refractivity contribution in [3.8, 4) is 5.75 Å². The third-order valence-corrected chi connectivity index (χ3v) is 5.12. The zero-order chi connectivity index (χ0) is 17.1. The van der Waals surface area contributed by atoms with Crippen molar-refractivity contribution >= 4 is 28.2 Å². The van der Waals surface area contributed by atoms with Crippen LogP contribution in [-0.2, 0) is 4.79 Å². The van der Waals surface area contributed by atoms with Crippen LogP contribution in [0.5, 0.6) is 5.75 Å². The average Bonchev–Trinajstić information content (AvgIpc) is 3.23. The molecular formula is C18H20N2O3S. The average molecular weight is 344 g/mol. The third-order valence-electron chi connectivity index (χ3n) is 4.13. The Kier molecular flexibility index (Phi) is 4.85. The number of nitrogens with zero attached hydrogens (tertiary/aromatic N) is 1. The highest BCUT2D eigenvalue weighted by atomic mass is 32.1. The van der Waals surface area contributed by atoms with Crippen molar-refractivity contribution < 1.29 is 14.3 Å². The first-order valence-electron chi connectivity index (χ1n) is 7.91. The van der Waals surface area contributed by atoms with Crippen molar-refractivity contribution in [3.05, 3.63) is 46.8 Å². The lowest BCUT2D eigenvalue weighted by atomic mass is 10.0. The molecule has 1 atom stereocenters. The van der Waals surface area contributed by atoms with Gasteiger partial charge in [0.2, 0.25) is 5.91 Å². The van der Waals surface area contributed by atoms with E-state index in [0.29, 0.717) is 9.88 Å². The monoisotopic (exact) mass is 344 g/mol. The van der Waals surface area contributed by atoms with Gasteiger partial charge >= 0.3 is 0 Å². The number of carbonyl (C=O) groups excluding carboxylic acids is 2. The molecule has 0 saturated carbocycles. The SMILES string of the molecule is COc1ccc(C2CCCN2C(=O)c2ccc(NC(C)=O)s2)cc1. The molecule has 126 valence electrons. The molecule has 2 amide bonds. The summed E-state index contributed by atoms with van der Waals surface area (Å²) < 4.78 is 5.20. The van der Waals surface area contributed by atoms with Crippen LogP contribution >= 0.6 is 11.3 Å². The summed E-state index contributed by atoms with van der Waals surface area (Å²) in [6.45, 7) is 2.21. The second-order valence-corrected chi connectivity index (χ2v) is 6.86. The molecule has 2 aromatic rings. The van der Waals surface area contributed by atoms with E-state index in [0.717, 1.165) is 30.7 Å². The normalized spacial score (nSPS) is 16.9. The number of nitrogens with one attached hydrogen (secondary N) is 1. The molecule has 24 heavy (non-hydrogen) atoms. The fraction of sp³-hybridized carbons (Fsp3) is 0.333. The maximum atomic E-state index is 12.9. The minimum absolute atomic E-state index is 0.0231. The molecule has 6 heteroatoms. The first-order valence-corrected chi connectivity index (χ1v) is 8.72. The van der Waals surface area contributed by atoms with Crippen molar-refractivity contribution in [2.45, 2.75) is 25.8 Å². The Morgan fingerprint density at radius 1 is 1.21 bits per heavy atom. The molecule has 3 rings (SSSR count). The maximum Gasteiger partial charge on any atom is 0.264 e. The van der Waals surface area contributed by atoms with Gasteiger partial charge in [-0.25, -0.2) is 0 Å². The van der Waals surface area contributed by atoms with Crippen molar-refractivity contribution in [1.29, 1.82) is 0 Å². The highest BCUT2D eigenvalue weighted by Crippen LogP contribution is 2.35. The molecule has 0 bridgehead atoms. The number of hydrogen-bond acceptors (Lipinski definition) is 4. The number of carbonyl (C=O) groups is 2. The molecule has 1 aliphatic heterocycles. The van der Waals surface area contributed by atoms with Crippen LogP contribution in [0.15, 0.2) is 36.4 Å². The molecule has 1 unspecified atom stereocenters. The fourth-order valence-electron chi connectivity index (χ4n) is 3.02. The van der Waals surface area contributed by atoms with Crippen LogP contribution in [0.1, 0.15) is 41.0 Å². The quantitative estimate of drug-likeness (QED) is 0.920. The molecule has 0 radical (unpaired) electrons. The Hall–Kier alpha value is -2.34.